The van der Waals surface area contributed by atoms with Crippen LogP contribution in [-0.2, 0) is 16.2 Å². The summed E-state index contributed by atoms with van der Waals surface area (Å²) in [6.07, 6.45) is 5.75. The van der Waals surface area contributed by atoms with Crippen LogP contribution in [0.4, 0.5) is 0 Å². The Labute approximate surface area is 108 Å². The topological polar surface area (TPSA) is 56.5 Å². The van der Waals surface area contributed by atoms with Gasteiger partial charge in [0.05, 0.1) is 19.3 Å². The normalized spacial score (nSPS) is 24.3. The summed E-state index contributed by atoms with van der Waals surface area (Å²) in [5, 5.41) is 14.3. The number of nitrogens with zero attached hydrogens (tertiary/aromatic N) is 2. The van der Waals surface area contributed by atoms with Crippen molar-refractivity contribution in [2.45, 2.75) is 44.4 Å². The minimum absolute atomic E-state index is 0.201. The maximum absolute atomic E-state index is 10.1. The third-order valence-electron chi connectivity index (χ3n) is 3.50. The lowest BCUT2D eigenvalue weighted by Gasteiger charge is -2.28. The van der Waals surface area contributed by atoms with E-state index in [2.05, 4.69) is 5.10 Å². The van der Waals surface area contributed by atoms with Crippen molar-refractivity contribution >= 4 is 0 Å². The van der Waals surface area contributed by atoms with Crippen molar-refractivity contribution in [3.05, 3.63) is 18.0 Å². The average Bonchev–Trinajstić information content (AvgIpc) is 2.83. The van der Waals surface area contributed by atoms with Crippen LogP contribution in [0.15, 0.2) is 12.3 Å². The van der Waals surface area contributed by atoms with Gasteiger partial charge < -0.3 is 14.6 Å². The zero-order chi connectivity index (χ0) is 12.8. The molecule has 0 unspecified atom stereocenters. The molecule has 0 aliphatic heterocycles. The van der Waals surface area contributed by atoms with Crippen LogP contribution in [0.2, 0.25) is 0 Å². The molecule has 0 radical (unpaired) electrons. The third kappa shape index (κ3) is 3.31. The molecule has 5 nitrogen and oxygen atoms in total. The van der Waals surface area contributed by atoms with Gasteiger partial charge in [-0.2, -0.15) is 5.10 Å². The van der Waals surface area contributed by atoms with Gasteiger partial charge in [-0.05, 0) is 18.9 Å². The van der Waals surface area contributed by atoms with Crippen LogP contribution in [0.1, 0.15) is 37.3 Å². The van der Waals surface area contributed by atoms with Crippen LogP contribution in [0, 0.1) is 0 Å². The molecule has 1 heterocycles. The largest absolute Gasteiger partial charge is 0.392 e. The number of rotatable bonds is 6. The van der Waals surface area contributed by atoms with E-state index in [1.165, 1.54) is 6.42 Å². The molecule has 0 bridgehead atoms. The molecule has 1 aliphatic carbocycles. The molecule has 0 saturated heterocycles. The van der Waals surface area contributed by atoms with Gasteiger partial charge in [-0.25, -0.2) is 4.68 Å². The number of hydrogen-bond acceptors (Lipinski definition) is 4. The van der Waals surface area contributed by atoms with Gasteiger partial charge in [0.1, 0.15) is 6.73 Å². The molecule has 1 saturated carbocycles. The van der Waals surface area contributed by atoms with Gasteiger partial charge in [-0.15, -0.1) is 0 Å². The van der Waals surface area contributed by atoms with E-state index in [4.69, 9.17) is 9.47 Å². The molecule has 1 aromatic heterocycles. The Kier molecular flexibility index (Phi) is 5.16. The second-order valence-corrected chi connectivity index (χ2v) is 4.74. The predicted molar refractivity (Wildman–Crippen MR) is 67.3 cm³/mol. The van der Waals surface area contributed by atoms with Crippen LogP contribution in [0.5, 0.6) is 0 Å². The minimum Gasteiger partial charge on any atom is -0.392 e. The summed E-state index contributed by atoms with van der Waals surface area (Å²) in [6, 6.07) is 1.99. The highest BCUT2D eigenvalue weighted by atomic mass is 16.5. The SMILES string of the molecule is COCCOCn1nccc1[C@@H]1CCCC[C@H]1O. The van der Waals surface area contributed by atoms with E-state index in [1.54, 1.807) is 13.3 Å². The van der Waals surface area contributed by atoms with Crippen molar-refractivity contribution in [2.75, 3.05) is 20.3 Å². The molecule has 5 heteroatoms. The summed E-state index contributed by atoms with van der Waals surface area (Å²) < 4.78 is 12.3. The first-order valence-corrected chi connectivity index (χ1v) is 6.59. The number of methoxy groups -OCH3 is 1. The molecule has 102 valence electrons. The van der Waals surface area contributed by atoms with E-state index in [9.17, 15) is 5.11 Å². The Hall–Kier alpha value is -0.910. The molecular formula is C13H22N2O3. The van der Waals surface area contributed by atoms with Crippen LogP contribution in [0.25, 0.3) is 0 Å². The molecule has 18 heavy (non-hydrogen) atoms. The first-order valence-electron chi connectivity index (χ1n) is 6.59. The summed E-state index contributed by atoms with van der Waals surface area (Å²) in [5.41, 5.74) is 1.08. The van der Waals surface area contributed by atoms with E-state index in [0.717, 1.165) is 25.0 Å². The Bertz CT molecular complexity index is 354. The number of aliphatic hydroxyl groups is 1. The van der Waals surface area contributed by atoms with Crippen molar-refractivity contribution in [3.8, 4) is 0 Å². The van der Waals surface area contributed by atoms with E-state index in [-0.39, 0.29) is 12.0 Å². The number of ether oxygens (including phenoxy) is 2. The smallest absolute Gasteiger partial charge is 0.139 e. The quantitative estimate of drug-likeness (QED) is 0.782. The van der Waals surface area contributed by atoms with E-state index in [0.29, 0.717) is 19.9 Å². The fourth-order valence-corrected chi connectivity index (χ4v) is 2.52. The van der Waals surface area contributed by atoms with E-state index >= 15 is 0 Å². The highest BCUT2D eigenvalue weighted by Crippen LogP contribution is 2.32. The molecule has 1 aliphatic rings. The molecule has 0 spiro atoms. The van der Waals surface area contributed by atoms with Gasteiger partial charge in [0.25, 0.3) is 0 Å². The molecule has 1 N–H and O–H groups in total. The summed E-state index contributed by atoms with van der Waals surface area (Å²) in [4.78, 5) is 0. The highest BCUT2D eigenvalue weighted by molar-refractivity contribution is 5.10. The second kappa shape index (κ2) is 6.87. The molecular weight excluding hydrogens is 232 g/mol. The molecule has 2 rings (SSSR count). The number of aromatic nitrogens is 2. The highest BCUT2D eigenvalue weighted by Gasteiger charge is 2.27. The van der Waals surface area contributed by atoms with E-state index < -0.39 is 0 Å². The van der Waals surface area contributed by atoms with Crippen LogP contribution >= 0.6 is 0 Å². The lowest BCUT2D eigenvalue weighted by molar-refractivity contribution is 0.0242. The van der Waals surface area contributed by atoms with Crippen LogP contribution < -0.4 is 0 Å². The maximum Gasteiger partial charge on any atom is 0.139 e. The Morgan fingerprint density at radius 2 is 2.22 bits per heavy atom. The Morgan fingerprint density at radius 1 is 1.39 bits per heavy atom. The summed E-state index contributed by atoms with van der Waals surface area (Å²) in [7, 11) is 1.65. The van der Waals surface area contributed by atoms with Crippen molar-refractivity contribution in [1.82, 2.24) is 9.78 Å². The van der Waals surface area contributed by atoms with Crippen LogP contribution in [0.3, 0.4) is 0 Å². The fraction of sp³-hybridized carbons (Fsp3) is 0.769. The van der Waals surface area contributed by atoms with Gasteiger partial charge in [-0.1, -0.05) is 12.8 Å². The van der Waals surface area contributed by atoms with Gasteiger partial charge in [0, 0.05) is 24.9 Å². The molecule has 1 aromatic rings. The van der Waals surface area contributed by atoms with Crippen molar-refractivity contribution in [3.63, 3.8) is 0 Å². The zero-order valence-electron chi connectivity index (χ0n) is 10.9. The van der Waals surface area contributed by atoms with E-state index in [1.807, 2.05) is 10.7 Å². The molecule has 1 fully saturated rings. The summed E-state index contributed by atoms with van der Waals surface area (Å²) in [5.74, 6) is 0.201. The van der Waals surface area contributed by atoms with Crippen molar-refractivity contribution in [2.24, 2.45) is 0 Å². The summed E-state index contributed by atoms with van der Waals surface area (Å²) in [6.45, 7) is 1.57. The lowest BCUT2D eigenvalue weighted by Crippen LogP contribution is -2.25. The monoisotopic (exact) mass is 254 g/mol. The molecule has 2 atom stereocenters. The first kappa shape index (κ1) is 13.5. The fourth-order valence-electron chi connectivity index (χ4n) is 2.52. The number of hydrogen-bond donors (Lipinski definition) is 1. The van der Waals surface area contributed by atoms with Gasteiger partial charge in [-0.3, -0.25) is 0 Å². The zero-order valence-corrected chi connectivity index (χ0v) is 10.9. The predicted octanol–water partition coefficient (Wildman–Crippen LogP) is 1.52. The minimum atomic E-state index is -0.242. The lowest BCUT2D eigenvalue weighted by atomic mass is 9.84. The summed E-state index contributed by atoms with van der Waals surface area (Å²) >= 11 is 0. The van der Waals surface area contributed by atoms with Crippen LogP contribution in [-0.4, -0.2) is 41.3 Å². The Balaban J connectivity index is 1.93. The van der Waals surface area contributed by atoms with Crippen molar-refractivity contribution in [1.29, 1.82) is 0 Å². The third-order valence-corrected chi connectivity index (χ3v) is 3.50. The maximum atomic E-state index is 10.1. The average molecular weight is 254 g/mol. The second-order valence-electron chi connectivity index (χ2n) is 4.74. The molecule has 0 amide bonds. The Morgan fingerprint density at radius 3 is 3.00 bits per heavy atom. The standard InChI is InChI=1S/C13H22N2O3/c1-17-8-9-18-10-15-12(6-7-14-15)11-4-2-3-5-13(11)16/h6-7,11,13,16H,2-5,8-10H2,1H3/t11-,13+/m0/s1. The number of aliphatic hydroxyl groups excluding tert-OH is 1. The van der Waals surface area contributed by atoms with Gasteiger partial charge in [0.2, 0.25) is 0 Å². The van der Waals surface area contributed by atoms with Gasteiger partial charge in [0.15, 0.2) is 0 Å². The first-order chi connectivity index (χ1) is 8.83. The van der Waals surface area contributed by atoms with Gasteiger partial charge >= 0.3 is 0 Å². The molecule has 0 aromatic carbocycles. The van der Waals surface area contributed by atoms with Crippen molar-refractivity contribution < 1.29 is 14.6 Å².